The lowest BCUT2D eigenvalue weighted by Gasteiger charge is -2.37. The summed E-state index contributed by atoms with van der Waals surface area (Å²) in [6.07, 6.45) is 4.72. The first-order chi connectivity index (χ1) is 9.42. The Labute approximate surface area is 122 Å². The first kappa shape index (κ1) is 14.8. The van der Waals surface area contributed by atoms with Gasteiger partial charge in [-0.1, -0.05) is 0 Å². The summed E-state index contributed by atoms with van der Waals surface area (Å²) in [6, 6.07) is 2.01. The van der Waals surface area contributed by atoms with E-state index in [4.69, 9.17) is 0 Å². The molecule has 108 valence electrons. The summed E-state index contributed by atoms with van der Waals surface area (Å²) in [5.41, 5.74) is 0.328. The molecule has 2 heterocycles. The molecule has 2 rings (SSSR count). The van der Waals surface area contributed by atoms with Crippen molar-refractivity contribution < 1.29 is 14.7 Å². The highest BCUT2D eigenvalue weighted by Gasteiger charge is 2.38. The van der Waals surface area contributed by atoms with Crippen LogP contribution in [-0.2, 0) is 9.59 Å². The van der Waals surface area contributed by atoms with E-state index in [0.29, 0.717) is 13.0 Å². The zero-order valence-corrected chi connectivity index (χ0v) is 12.6. The molecule has 1 N–H and O–H groups in total. The number of hydrogen-bond donors (Lipinski definition) is 1. The van der Waals surface area contributed by atoms with E-state index in [0.717, 1.165) is 16.9 Å². The van der Waals surface area contributed by atoms with Crippen molar-refractivity contribution in [3.8, 4) is 0 Å². The van der Waals surface area contributed by atoms with Crippen molar-refractivity contribution in [2.24, 2.45) is 5.41 Å². The van der Waals surface area contributed by atoms with Gasteiger partial charge in [0.25, 0.3) is 0 Å². The second kappa shape index (κ2) is 5.79. The molecule has 1 fully saturated rings. The minimum atomic E-state index is -0.826. The van der Waals surface area contributed by atoms with Gasteiger partial charge in [0.15, 0.2) is 0 Å². The quantitative estimate of drug-likeness (QED) is 0.872. The Balaban J connectivity index is 2.04. The summed E-state index contributed by atoms with van der Waals surface area (Å²) in [6.45, 7) is 4.63. The fraction of sp³-hybridized carbons (Fsp3) is 0.467. The normalized spacial score (nSPS) is 23.2. The van der Waals surface area contributed by atoms with Gasteiger partial charge in [-0.2, -0.15) is 0 Å². The second-order valence-corrected chi connectivity index (χ2v) is 6.48. The zero-order chi connectivity index (χ0) is 14.8. The van der Waals surface area contributed by atoms with Gasteiger partial charge in [-0.3, -0.25) is 9.59 Å². The van der Waals surface area contributed by atoms with Crippen LogP contribution in [0.1, 0.15) is 30.2 Å². The van der Waals surface area contributed by atoms with Gasteiger partial charge in [-0.25, -0.2) is 0 Å². The van der Waals surface area contributed by atoms with E-state index in [1.807, 2.05) is 24.4 Å². The molecule has 1 atom stereocenters. The molecule has 0 saturated carbocycles. The van der Waals surface area contributed by atoms with Crippen LogP contribution < -0.4 is 0 Å². The molecule has 1 saturated heterocycles. The summed E-state index contributed by atoms with van der Waals surface area (Å²) in [5, 5.41) is 11.2. The molecule has 1 unspecified atom stereocenters. The summed E-state index contributed by atoms with van der Waals surface area (Å²) >= 11 is 1.59. The SMILES string of the molecule is Cc1ccsc1C=CC(=O)N1CCCC(C)(C(=O)O)C1. The van der Waals surface area contributed by atoms with Gasteiger partial charge in [0.05, 0.1) is 5.41 Å². The van der Waals surface area contributed by atoms with Crippen LogP contribution in [0.25, 0.3) is 6.08 Å². The maximum Gasteiger partial charge on any atom is 0.311 e. The van der Waals surface area contributed by atoms with Crippen LogP contribution in [-0.4, -0.2) is 35.0 Å². The highest BCUT2D eigenvalue weighted by atomic mass is 32.1. The molecule has 20 heavy (non-hydrogen) atoms. The minimum Gasteiger partial charge on any atom is -0.481 e. The number of carboxylic acid groups (broad SMARTS) is 1. The van der Waals surface area contributed by atoms with Crippen molar-refractivity contribution >= 4 is 29.3 Å². The molecular weight excluding hydrogens is 274 g/mol. The standard InChI is InChI=1S/C15H19NO3S/c1-11-6-9-20-12(11)4-5-13(17)16-8-3-7-15(2,10-16)14(18)19/h4-6,9H,3,7-8,10H2,1-2H3,(H,18,19). The number of thiophene rings is 1. The van der Waals surface area contributed by atoms with Gasteiger partial charge >= 0.3 is 5.97 Å². The number of aryl methyl sites for hydroxylation is 1. The Morgan fingerprint density at radius 2 is 2.25 bits per heavy atom. The van der Waals surface area contributed by atoms with Crippen LogP contribution in [0.15, 0.2) is 17.5 Å². The molecule has 1 aliphatic rings. The number of carbonyl (C=O) groups excluding carboxylic acids is 1. The predicted octanol–water partition coefficient (Wildman–Crippen LogP) is 2.78. The summed E-state index contributed by atoms with van der Waals surface area (Å²) in [7, 11) is 0. The van der Waals surface area contributed by atoms with Gasteiger partial charge in [-0.15, -0.1) is 11.3 Å². The number of hydrogen-bond acceptors (Lipinski definition) is 3. The fourth-order valence-electron chi connectivity index (χ4n) is 2.41. The van der Waals surface area contributed by atoms with E-state index < -0.39 is 11.4 Å². The Morgan fingerprint density at radius 1 is 1.50 bits per heavy atom. The number of amides is 1. The van der Waals surface area contributed by atoms with E-state index in [1.165, 1.54) is 0 Å². The lowest BCUT2D eigenvalue weighted by molar-refractivity contribution is -0.152. The molecule has 0 spiro atoms. The second-order valence-electron chi connectivity index (χ2n) is 5.53. The molecule has 1 aromatic rings. The summed E-state index contributed by atoms with van der Waals surface area (Å²) < 4.78 is 0. The number of nitrogens with zero attached hydrogens (tertiary/aromatic N) is 1. The van der Waals surface area contributed by atoms with Gasteiger partial charge in [0.2, 0.25) is 5.91 Å². The first-order valence-electron chi connectivity index (χ1n) is 6.67. The van der Waals surface area contributed by atoms with Gasteiger partial charge in [0, 0.05) is 24.0 Å². The summed E-state index contributed by atoms with van der Waals surface area (Å²) in [5.74, 6) is -0.932. The average molecular weight is 293 g/mol. The maximum absolute atomic E-state index is 12.2. The average Bonchev–Trinajstić information content (AvgIpc) is 2.81. The molecule has 1 aromatic heterocycles. The number of carbonyl (C=O) groups is 2. The van der Waals surface area contributed by atoms with Crippen molar-refractivity contribution in [2.45, 2.75) is 26.7 Å². The minimum absolute atomic E-state index is 0.107. The van der Waals surface area contributed by atoms with Crippen molar-refractivity contribution in [1.29, 1.82) is 0 Å². The van der Waals surface area contributed by atoms with Crippen LogP contribution in [0.2, 0.25) is 0 Å². The molecular formula is C15H19NO3S. The Kier molecular flexibility index (Phi) is 4.28. The van der Waals surface area contributed by atoms with E-state index in [9.17, 15) is 14.7 Å². The third kappa shape index (κ3) is 3.10. The largest absolute Gasteiger partial charge is 0.481 e. The zero-order valence-electron chi connectivity index (χ0n) is 11.8. The number of piperidine rings is 1. The molecule has 1 aliphatic heterocycles. The highest BCUT2D eigenvalue weighted by Crippen LogP contribution is 2.29. The third-order valence-electron chi connectivity index (χ3n) is 3.80. The van der Waals surface area contributed by atoms with Crippen LogP contribution >= 0.6 is 11.3 Å². The lowest BCUT2D eigenvalue weighted by Crippen LogP contribution is -2.47. The Hall–Kier alpha value is -1.62. The predicted molar refractivity (Wildman–Crippen MR) is 79.6 cm³/mol. The molecule has 1 amide bonds. The van der Waals surface area contributed by atoms with Gasteiger partial charge < -0.3 is 10.0 Å². The summed E-state index contributed by atoms with van der Waals surface area (Å²) in [4.78, 5) is 26.1. The van der Waals surface area contributed by atoms with Crippen LogP contribution in [0.4, 0.5) is 0 Å². The number of aliphatic carboxylic acids is 1. The van der Waals surface area contributed by atoms with Gasteiger partial charge in [0.1, 0.15) is 0 Å². The van der Waals surface area contributed by atoms with Crippen molar-refractivity contribution in [2.75, 3.05) is 13.1 Å². The maximum atomic E-state index is 12.2. The Bertz CT molecular complexity index is 549. The molecule has 0 aromatic carbocycles. The van der Waals surface area contributed by atoms with E-state index in [2.05, 4.69) is 0 Å². The van der Waals surface area contributed by atoms with Crippen molar-refractivity contribution in [3.05, 3.63) is 28.0 Å². The van der Waals surface area contributed by atoms with Crippen LogP contribution in [0, 0.1) is 12.3 Å². The molecule has 4 nitrogen and oxygen atoms in total. The highest BCUT2D eigenvalue weighted by molar-refractivity contribution is 7.11. The lowest BCUT2D eigenvalue weighted by atomic mass is 9.82. The number of likely N-dealkylation sites (tertiary alicyclic amines) is 1. The third-order valence-corrected chi connectivity index (χ3v) is 4.79. The van der Waals surface area contributed by atoms with Crippen molar-refractivity contribution in [3.63, 3.8) is 0 Å². The van der Waals surface area contributed by atoms with Crippen LogP contribution in [0.5, 0.6) is 0 Å². The van der Waals surface area contributed by atoms with E-state index in [-0.39, 0.29) is 12.5 Å². The molecule has 0 radical (unpaired) electrons. The van der Waals surface area contributed by atoms with Crippen LogP contribution in [0.3, 0.4) is 0 Å². The number of carboxylic acids is 1. The molecule has 5 heteroatoms. The van der Waals surface area contributed by atoms with E-state index in [1.54, 1.807) is 29.2 Å². The molecule has 0 aliphatic carbocycles. The van der Waals surface area contributed by atoms with Gasteiger partial charge in [-0.05, 0) is 49.8 Å². The van der Waals surface area contributed by atoms with E-state index >= 15 is 0 Å². The fourth-order valence-corrected chi connectivity index (χ4v) is 3.23. The first-order valence-corrected chi connectivity index (χ1v) is 7.55. The smallest absolute Gasteiger partial charge is 0.311 e. The monoisotopic (exact) mass is 293 g/mol. The van der Waals surface area contributed by atoms with Crippen molar-refractivity contribution in [1.82, 2.24) is 4.90 Å². The molecule has 0 bridgehead atoms. The Morgan fingerprint density at radius 3 is 2.85 bits per heavy atom. The number of rotatable bonds is 3. The topological polar surface area (TPSA) is 57.6 Å².